The van der Waals surface area contributed by atoms with Crippen LogP contribution in [0.15, 0.2) is 364 Å². The molecular formula is C106H60F10N6. The van der Waals surface area contributed by atoms with E-state index in [1.54, 1.807) is 214 Å². The van der Waals surface area contributed by atoms with E-state index in [-0.39, 0.29) is 45.0 Å². The van der Waals surface area contributed by atoms with Crippen molar-refractivity contribution < 1.29 is 43.9 Å². The lowest BCUT2D eigenvalue weighted by Crippen LogP contribution is -2.13. The monoisotopic (exact) mass is 1610 g/mol. The molecule has 6 nitrogen and oxygen atoms in total. The molecule has 0 aromatic heterocycles. The number of hydrogen-bond acceptors (Lipinski definition) is 5. The van der Waals surface area contributed by atoms with Gasteiger partial charge in [-0.25, -0.2) is 48.7 Å². The Kier molecular flexibility index (Phi) is 19.6. The molecule has 0 unspecified atom stereocenters. The van der Waals surface area contributed by atoms with E-state index < -0.39 is 58.2 Å². The first-order valence-electron chi connectivity index (χ1n) is 38.8. The maximum Gasteiger partial charge on any atom is 0.187 e. The molecule has 0 aliphatic carbocycles. The predicted octanol–water partition coefficient (Wildman–Crippen LogP) is 31.5. The highest BCUT2D eigenvalue weighted by molar-refractivity contribution is 6.30. The third kappa shape index (κ3) is 13.7. The van der Waals surface area contributed by atoms with Gasteiger partial charge in [-0.1, -0.05) is 206 Å². The number of benzene rings is 20. The summed E-state index contributed by atoms with van der Waals surface area (Å²) < 4.78 is 158. The first-order valence-corrected chi connectivity index (χ1v) is 38.8. The van der Waals surface area contributed by atoms with Gasteiger partial charge in [0.1, 0.15) is 58.2 Å². The molecule has 20 aromatic carbocycles. The van der Waals surface area contributed by atoms with Crippen molar-refractivity contribution in [2.24, 2.45) is 0 Å². The minimum absolute atomic E-state index is 0.137. The molecule has 0 bridgehead atoms. The molecule has 0 aliphatic rings. The minimum Gasteiger partial charge on any atom is -0.310 e. The molecule has 584 valence electrons. The molecule has 16 heteroatoms. The Balaban J connectivity index is 0.000000161. The summed E-state index contributed by atoms with van der Waals surface area (Å²) in [6.07, 6.45) is 0. The second kappa shape index (κ2) is 31.4. The Labute approximate surface area is 693 Å². The number of anilines is 12. The van der Waals surface area contributed by atoms with Gasteiger partial charge in [0.25, 0.3) is 0 Å². The molecule has 0 heterocycles. The number of hydrogen-bond donors (Lipinski definition) is 0. The summed E-state index contributed by atoms with van der Waals surface area (Å²) in [6, 6.07) is 102. The fraction of sp³-hybridized carbons (Fsp3) is 0. The standard InChI is InChI=1S/C54H30F4N4.C52H30F6N2/c1-60-38-18-22-40(23-19-38)62(42-30-47(57)54(48(58)31-42)35-10-6-3-7-11-35)50-27-17-37-14-24-43-49(26-16-36-15-25-44(50)52(37)51(36)43)61(39-20-12-33(32-59)13-21-39)41-28-45(55)53(46(56)29-41)34-8-4-2-5-9-34;53-35-15-19-37(20-16-35)59(39-27-43(55)51(44(56)28-39)31-7-3-1-4-8-31)47-25-13-33-12-24-42-48(26-14-34-11-23-41(47)49(33)50(34)42)60(38-21-17-36(54)18-22-38)40-29-45(57)52(46(58)30-40)32-9-5-2-6-10-32/h2-31H;1-30H. The lowest BCUT2D eigenvalue weighted by Gasteiger charge is -2.30. The normalized spacial score (nSPS) is 11.3. The van der Waals surface area contributed by atoms with Crippen LogP contribution in [0.4, 0.5) is 118 Å². The minimum atomic E-state index is -0.767. The number of nitriles is 1. The van der Waals surface area contributed by atoms with E-state index in [1.165, 1.54) is 72.8 Å². The Bertz CT molecular complexity index is 6980. The van der Waals surface area contributed by atoms with Crippen LogP contribution in [-0.4, -0.2) is 0 Å². The average Bonchev–Trinajstić information content (AvgIpc) is 0.721. The van der Waals surface area contributed by atoms with Gasteiger partial charge in [0.2, 0.25) is 0 Å². The molecular weight excluding hydrogens is 1550 g/mol. The zero-order valence-electron chi connectivity index (χ0n) is 64.1. The zero-order chi connectivity index (χ0) is 83.6. The van der Waals surface area contributed by atoms with Gasteiger partial charge in [0.05, 0.1) is 86.0 Å². The molecule has 122 heavy (non-hydrogen) atoms. The SMILES string of the molecule is Fc1ccc(N(c2cc(F)c(-c3ccccc3)c(F)c2)c2ccc3ccc4c(N(c5ccc(F)cc5)c5cc(F)c(-c6ccccc6)c(F)c5)ccc5ccc2c3c54)cc1.[C-]#[N+]c1ccc(N(c2cc(F)c(-c3ccccc3)c(F)c2)c2ccc3ccc4c(N(c5ccc(C#N)cc5)c5cc(F)c(-c6ccccc6)c(F)c5)ccc5ccc2c3c54)cc1. The summed E-state index contributed by atoms with van der Waals surface area (Å²) >= 11 is 0. The fourth-order valence-corrected chi connectivity index (χ4v) is 16.8. The quantitative estimate of drug-likeness (QED) is 0.0548. The van der Waals surface area contributed by atoms with Crippen molar-refractivity contribution in [3.63, 3.8) is 0 Å². The summed E-state index contributed by atoms with van der Waals surface area (Å²) in [5.41, 5.74) is 7.11. The zero-order valence-corrected chi connectivity index (χ0v) is 64.1. The maximum absolute atomic E-state index is 16.2. The highest BCUT2D eigenvalue weighted by Gasteiger charge is 2.30. The fourth-order valence-electron chi connectivity index (χ4n) is 16.8. The van der Waals surface area contributed by atoms with Crippen LogP contribution in [0.25, 0.3) is 114 Å². The van der Waals surface area contributed by atoms with Gasteiger partial charge >= 0.3 is 0 Å². The van der Waals surface area contributed by atoms with Gasteiger partial charge in [0, 0.05) is 44.3 Å². The topological polar surface area (TPSA) is 41.1 Å². The van der Waals surface area contributed by atoms with Crippen molar-refractivity contribution in [2.75, 3.05) is 19.6 Å². The van der Waals surface area contributed by atoms with E-state index in [0.29, 0.717) is 79.0 Å². The van der Waals surface area contributed by atoms with E-state index in [4.69, 9.17) is 6.57 Å². The Hall–Kier alpha value is -16.0. The molecule has 0 aliphatic heterocycles. The van der Waals surface area contributed by atoms with Crippen LogP contribution in [-0.2, 0) is 0 Å². The van der Waals surface area contributed by atoms with Crippen molar-refractivity contribution in [1.29, 1.82) is 5.26 Å². The Morgan fingerprint density at radius 2 is 0.443 bits per heavy atom. The molecule has 0 saturated heterocycles. The molecule has 0 N–H and O–H groups in total. The van der Waals surface area contributed by atoms with Crippen LogP contribution in [0.3, 0.4) is 0 Å². The van der Waals surface area contributed by atoms with E-state index in [0.717, 1.165) is 64.6 Å². The van der Waals surface area contributed by atoms with Crippen molar-refractivity contribution in [1.82, 2.24) is 0 Å². The van der Waals surface area contributed by atoms with Crippen LogP contribution in [0.5, 0.6) is 0 Å². The van der Waals surface area contributed by atoms with Crippen LogP contribution >= 0.6 is 0 Å². The van der Waals surface area contributed by atoms with E-state index in [9.17, 15) is 14.0 Å². The van der Waals surface area contributed by atoms with Crippen LogP contribution in [0, 0.1) is 76.1 Å². The molecule has 0 radical (unpaired) electrons. The first kappa shape index (κ1) is 76.0. The van der Waals surface area contributed by atoms with Gasteiger partial charge < -0.3 is 19.6 Å². The number of halogens is 10. The Morgan fingerprint density at radius 3 is 0.664 bits per heavy atom. The van der Waals surface area contributed by atoms with E-state index >= 15 is 35.1 Å². The maximum atomic E-state index is 16.2. The second-order valence-electron chi connectivity index (χ2n) is 29.4. The van der Waals surface area contributed by atoms with Gasteiger partial charge in [-0.05, 0) is 223 Å². The average molecular weight is 1610 g/mol. The third-order valence-electron chi connectivity index (χ3n) is 22.3. The largest absolute Gasteiger partial charge is 0.310 e. The summed E-state index contributed by atoms with van der Waals surface area (Å²) in [5, 5.41) is 19.5. The highest BCUT2D eigenvalue weighted by Crippen LogP contribution is 2.53. The van der Waals surface area contributed by atoms with Gasteiger partial charge in [-0.3, -0.25) is 0 Å². The van der Waals surface area contributed by atoms with Gasteiger partial charge in [-0.2, -0.15) is 5.26 Å². The highest BCUT2D eigenvalue weighted by atomic mass is 19.2. The molecule has 20 aromatic rings. The molecule has 20 rings (SSSR count). The van der Waals surface area contributed by atoms with Crippen molar-refractivity contribution in [2.45, 2.75) is 0 Å². The van der Waals surface area contributed by atoms with Crippen LogP contribution in [0.1, 0.15) is 5.56 Å². The first-order chi connectivity index (χ1) is 59.5. The lowest BCUT2D eigenvalue weighted by atomic mass is 9.91. The number of nitrogens with zero attached hydrogens (tertiary/aromatic N) is 6. The molecule has 0 spiro atoms. The second-order valence-corrected chi connectivity index (χ2v) is 29.4. The molecule has 0 amide bonds. The molecule has 0 saturated carbocycles. The Morgan fingerprint density at radius 1 is 0.230 bits per heavy atom. The summed E-state index contributed by atoms with van der Waals surface area (Å²) in [4.78, 5) is 10.5. The summed E-state index contributed by atoms with van der Waals surface area (Å²) in [6.45, 7) is 7.54. The van der Waals surface area contributed by atoms with Crippen LogP contribution in [0.2, 0.25) is 0 Å². The van der Waals surface area contributed by atoms with E-state index in [1.807, 2.05) is 97.1 Å². The van der Waals surface area contributed by atoms with E-state index in [2.05, 4.69) is 10.9 Å². The summed E-state index contributed by atoms with van der Waals surface area (Å²) in [7, 11) is 0. The smallest absolute Gasteiger partial charge is 0.187 e. The van der Waals surface area contributed by atoms with Crippen molar-refractivity contribution in [3.05, 3.63) is 439 Å². The molecule has 0 atom stereocenters. The predicted molar refractivity (Wildman–Crippen MR) is 471 cm³/mol. The summed E-state index contributed by atoms with van der Waals surface area (Å²) in [5.74, 6) is -6.95. The lowest BCUT2D eigenvalue weighted by molar-refractivity contribution is 0.589. The molecule has 0 fully saturated rings. The van der Waals surface area contributed by atoms with Crippen molar-refractivity contribution in [3.8, 4) is 50.6 Å². The van der Waals surface area contributed by atoms with Crippen LogP contribution < -0.4 is 19.6 Å². The van der Waals surface area contributed by atoms with Crippen molar-refractivity contribution >= 4 is 139 Å². The third-order valence-corrected chi connectivity index (χ3v) is 22.3. The number of rotatable bonds is 16. The van der Waals surface area contributed by atoms with Gasteiger partial charge in [0.15, 0.2) is 5.69 Å². The van der Waals surface area contributed by atoms with Gasteiger partial charge in [-0.15, -0.1) is 0 Å².